The molecular weight excluding hydrogens is 262 g/mol. The smallest absolute Gasteiger partial charge is 0.313 e. The van der Waals surface area contributed by atoms with Gasteiger partial charge in [-0.15, -0.1) is 0 Å². The third-order valence-electron chi connectivity index (χ3n) is 2.61. The van der Waals surface area contributed by atoms with Crippen molar-refractivity contribution in [2.24, 2.45) is 5.73 Å². The van der Waals surface area contributed by atoms with E-state index in [0.717, 1.165) is 17.5 Å². The molecule has 0 aliphatic heterocycles. The summed E-state index contributed by atoms with van der Waals surface area (Å²) in [6.45, 7) is 3.87. The molecule has 0 bridgehead atoms. The molecule has 0 aromatic heterocycles. The first-order valence-electron chi connectivity index (χ1n) is 5.91. The zero-order valence-electron chi connectivity index (χ0n) is 10.9. The van der Waals surface area contributed by atoms with Crippen molar-refractivity contribution < 1.29 is 9.59 Å². The monoisotopic (exact) mass is 279 g/mol. The van der Waals surface area contributed by atoms with E-state index < -0.39 is 11.8 Å². The maximum absolute atomic E-state index is 11.7. The van der Waals surface area contributed by atoms with Gasteiger partial charge < -0.3 is 16.4 Å². The Bertz CT molecular complexity index is 515. The van der Waals surface area contributed by atoms with Gasteiger partial charge in [0.25, 0.3) is 0 Å². The zero-order chi connectivity index (χ0) is 14.4. The Morgan fingerprint density at radius 2 is 2.00 bits per heavy atom. The van der Waals surface area contributed by atoms with Crippen LogP contribution in [0.2, 0.25) is 0 Å². The van der Waals surface area contributed by atoms with Crippen molar-refractivity contribution in [3.63, 3.8) is 0 Å². The van der Waals surface area contributed by atoms with Crippen LogP contribution in [0.1, 0.15) is 18.1 Å². The number of hydrogen-bond donors (Lipinski definition) is 3. The predicted octanol–water partition coefficient (Wildman–Crippen LogP) is 0.898. The van der Waals surface area contributed by atoms with Crippen molar-refractivity contribution in [2.45, 2.75) is 20.3 Å². The van der Waals surface area contributed by atoms with Crippen LogP contribution in [0.15, 0.2) is 18.2 Å². The van der Waals surface area contributed by atoms with Gasteiger partial charge in [-0.3, -0.25) is 9.59 Å². The number of para-hydroxylation sites is 1. The number of aryl methyl sites for hydroxylation is 2. The summed E-state index contributed by atoms with van der Waals surface area (Å²) in [5.74, 6) is -1.47. The largest absolute Gasteiger partial charge is 0.392 e. The number of hydrogen-bond acceptors (Lipinski definition) is 3. The first-order valence-corrected chi connectivity index (χ1v) is 6.32. The number of benzene rings is 1. The molecule has 0 fully saturated rings. The average molecular weight is 279 g/mol. The van der Waals surface area contributed by atoms with Gasteiger partial charge in [0.2, 0.25) is 0 Å². The minimum absolute atomic E-state index is 0.00991. The van der Waals surface area contributed by atoms with Gasteiger partial charge in [-0.2, -0.15) is 0 Å². The number of amides is 2. The third-order valence-corrected chi connectivity index (χ3v) is 2.75. The molecule has 6 heteroatoms. The summed E-state index contributed by atoms with van der Waals surface area (Å²) in [7, 11) is 0. The Morgan fingerprint density at radius 1 is 1.32 bits per heavy atom. The fourth-order valence-corrected chi connectivity index (χ4v) is 1.69. The lowest BCUT2D eigenvalue weighted by molar-refractivity contribution is -0.135. The highest BCUT2D eigenvalue weighted by atomic mass is 32.1. The van der Waals surface area contributed by atoms with Crippen molar-refractivity contribution in [3.05, 3.63) is 29.3 Å². The molecule has 0 radical (unpaired) electrons. The van der Waals surface area contributed by atoms with E-state index in [4.69, 9.17) is 5.73 Å². The molecular formula is C13H17N3O2S. The summed E-state index contributed by atoms with van der Waals surface area (Å²) in [4.78, 5) is 23.4. The fraction of sp³-hybridized carbons (Fsp3) is 0.308. The van der Waals surface area contributed by atoms with E-state index in [9.17, 15) is 9.59 Å². The van der Waals surface area contributed by atoms with E-state index in [0.29, 0.717) is 5.69 Å². The van der Waals surface area contributed by atoms with Gasteiger partial charge >= 0.3 is 11.8 Å². The molecule has 5 nitrogen and oxygen atoms in total. The summed E-state index contributed by atoms with van der Waals surface area (Å²) >= 11 is 4.62. The Balaban J connectivity index is 2.77. The van der Waals surface area contributed by atoms with Crippen LogP contribution < -0.4 is 16.4 Å². The van der Waals surface area contributed by atoms with Crippen molar-refractivity contribution in [2.75, 3.05) is 11.9 Å². The Kier molecular flexibility index (Phi) is 5.44. The fourth-order valence-electron chi connectivity index (χ4n) is 1.62. The molecule has 0 unspecified atom stereocenters. The van der Waals surface area contributed by atoms with E-state index in [-0.39, 0.29) is 11.5 Å². The van der Waals surface area contributed by atoms with Crippen LogP contribution in [-0.2, 0) is 16.0 Å². The molecule has 0 aliphatic carbocycles. The number of anilines is 1. The van der Waals surface area contributed by atoms with Crippen LogP contribution in [0, 0.1) is 6.92 Å². The summed E-state index contributed by atoms with van der Waals surface area (Å²) in [6, 6.07) is 5.70. The summed E-state index contributed by atoms with van der Waals surface area (Å²) in [6.07, 6.45) is 0.770. The van der Waals surface area contributed by atoms with Gasteiger partial charge in [0.15, 0.2) is 0 Å². The van der Waals surface area contributed by atoms with E-state index in [1.807, 2.05) is 32.0 Å². The van der Waals surface area contributed by atoms with Gasteiger partial charge in [-0.05, 0) is 24.5 Å². The molecule has 4 N–H and O–H groups in total. The van der Waals surface area contributed by atoms with Gasteiger partial charge in [0.05, 0.1) is 11.5 Å². The molecule has 1 rings (SSSR count). The van der Waals surface area contributed by atoms with E-state index >= 15 is 0 Å². The molecule has 0 aliphatic rings. The molecule has 19 heavy (non-hydrogen) atoms. The van der Waals surface area contributed by atoms with Crippen molar-refractivity contribution >= 4 is 34.7 Å². The Labute approximate surface area is 117 Å². The van der Waals surface area contributed by atoms with Crippen LogP contribution in [-0.4, -0.2) is 23.3 Å². The molecule has 1 aromatic rings. The molecule has 0 spiro atoms. The molecule has 0 atom stereocenters. The first-order chi connectivity index (χ1) is 8.95. The second-order valence-corrected chi connectivity index (χ2v) is 4.59. The zero-order valence-corrected chi connectivity index (χ0v) is 11.8. The van der Waals surface area contributed by atoms with Crippen LogP contribution >= 0.6 is 12.2 Å². The minimum atomic E-state index is -0.752. The normalized spacial score (nSPS) is 9.79. The van der Waals surface area contributed by atoms with Crippen molar-refractivity contribution in [1.29, 1.82) is 0 Å². The quantitative estimate of drug-likeness (QED) is 0.565. The second kappa shape index (κ2) is 6.84. The molecule has 2 amide bonds. The topological polar surface area (TPSA) is 84.2 Å². The van der Waals surface area contributed by atoms with Crippen LogP contribution in [0.4, 0.5) is 5.69 Å². The number of nitrogens with two attached hydrogens (primary N) is 1. The van der Waals surface area contributed by atoms with Crippen molar-refractivity contribution in [1.82, 2.24) is 5.32 Å². The van der Waals surface area contributed by atoms with E-state index in [1.54, 1.807) is 0 Å². The molecule has 0 heterocycles. The number of carbonyl (C=O) groups excluding carboxylic acids is 2. The number of nitrogens with one attached hydrogen (secondary N) is 2. The van der Waals surface area contributed by atoms with Gasteiger partial charge in [0, 0.05) is 5.69 Å². The van der Waals surface area contributed by atoms with Gasteiger partial charge in [0.1, 0.15) is 0 Å². The molecule has 1 aromatic carbocycles. The Morgan fingerprint density at radius 3 is 2.58 bits per heavy atom. The van der Waals surface area contributed by atoms with Gasteiger partial charge in [-0.25, -0.2) is 0 Å². The molecule has 102 valence electrons. The third kappa shape index (κ3) is 4.33. The second-order valence-electron chi connectivity index (χ2n) is 4.07. The van der Waals surface area contributed by atoms with Crippen LogP contribution in [0.25, 0.3) is 0 Å². The maximum Gasteiger partial charge on any atom is 0.313 e. The molecule has 0 saturated carbocycles. The maximum atomic E-state index is 11.7. The van der Waals surface area contributed by atoms with Gasteiger partial charge in [-0.1, -0.05) is 37.3 Å². The minimum Gasteiger partial charge on any atom is -0.392 e. The highest BCUT2D eigenvalue weighted by Gasteiger charge is 2.15. The number of thiocarbonyl (C=S) groups is 1. The van der Waals surface area contributed by atoms with Crippen LogP contribution in [0.3, 0.4) is 0 Å². The first kappa shape index (κ1) is 15.1. The van der Waals surface area contributed by atoms with Crippen LogP contribution in [0.5, 0.6) is 0 Å². The lowest BCUT2D eigenvalue weighted by Gasteiger charge is -2.12. The lowest BCUT2D eigenvalue weighted by atomic mass is 10.1. The summed E-state index contributed by atoms with van der Waals surface area (Å²) < 4.78 is 0. The molecule has 0 saturated heterocycles. The number of rotatable bonds is 4. The van der Waals surface area contributed by atoms with Crippen molar-refractivity contribution in [3.8, 4) is 0 Å². The average Bonchev–Trinajstić information content (AvgIpc) is 2.37. The highest BCUT2D eigenvalue weighted by Crippen LogP contribution is 2.20. The standard InChI is InChI=1S/C13H17N3O2S/c1-3-9-6-4-5-8(2)11(9)16-13(18)12(17)15-7-10(14)19/h4-6H,3,7H2,1-2H3,(H2,14,19)(H,15,17)(H,16,18). The summed E-state index contributed by atoms with van der Waals surface area (Å²) in [5, 5.41) is 4.96. The van der Waals surface area contributed by atoms with E-state index in [1.165, 1.54) is 0 Å². The SMILES string of the molecule is CCc1cccc(C)c1NC(=O)C(=O)NCC(N)=S. The summed E-state index contributed by atoms with van der Waals surface area (Å²) in [5.41, 5.74) is 7.82. The predicted molar refractivity (Wildman–Crippen MR) is 79.0 cm³/mol. The lowest BCUT2D eigenvalue weighted by Crippen LogP contribution is -2.39. The Hall–Kier alpha value is -1.95. The highest BCUT2D eigenvalue weighted by molar-refractivity contribution is 7.80. The number of carbonyl (C=O) groups is 2. The van der Waals surface area contributed by atoms with E-state index in [2.05, 4.69) is 22.9 Å².